The van der Waals surface area contributed by atoms with Crippen LogP contribution in [0.25, 0.3) is 17.0 Å². The molecule has 2 aromatic carbocycles. The maximum Gasteiger partial charge on any atom is 0.410 e. The van der Waals surface area contributed by atoms with E-state index >= 15 is 0 Å². The van der Waals surface area contributed by atoms with Gasteiger partial charge in [0, 0.05) is 24.3 Å². The van der Waals surface area contributed by atoms with Crippen LogP contribution in [0.3, 0.4) is 0 Å². The molecule has 4 aromatic rings. The Bertz CT molecular complexity index is 1440. The number of halogens is 1. The molecule has 200 valence electrons. The zero-order chi connectivity index (χ0) is 26.9. The number of nitrogens with zero attached hydrogens (tertiary/aromatic N) is 3. The van der Waals surface area contributed by atoms with Crippen molar-refractivity contribution in [2.24, 2.45) is 5.92 Å². The van der Waals surface area contributed by atoms with Gasteiger partial charge in [-0.3, -0.25) is 9.89 Å². The number of piperidine rings is 1. The number of hydrogen-bond donors (Lipinski definition) is 2. The van der Waals surface area contributed by atoms with Gasteiger partial charge in [0.2, 0.25) is 5.95 Å². The number of rotatable bonds is 6. The van der Waals surface area contributed by atoms with Crippen LogP contribution in [0.15, 0.2) is 53.3 Å². The van der Waals surface area contributed by atoms with Crippen LogP contribution in [0.4, 0.5) is 9.18 Å². The molecule has 5 rings (SSSR count). The average molecular weight is 520 g/mol. The number of carbonyl (C=O) groups is 1. The van der Waals surface area contributed by atoms with Crippen molar-refractivity contribution in [2.75, 3.05) is 13.1 Å². The van der Waals surface area contributed by atoms with Crippen molar-refractivity contribution in [3.8, 4) is 5.95 Å². The van der Waals surface area contributed by atoms with E-state index in [1.165, 1.54) is 16.8 Å². The molecule has 2 aromatic heterocycles. The Kier molecular flexibility index (Phi) is 7.10. The molecule has 1 fully saturated rings. The summed E-state index contributed by atoms with van der Waals surface area (Å²) in [5.41, 5.74) is 3.55. The molecule has 0 unspecified atom stereocenters. The zero-order valence-corrected chi connectivity index (χ0v) is 22.1. The van der Waals surface area contributed by atoms with Gasteiger partial charge in [-0.25, -0.2) is 14.2 Å². The number of fused-ring (bicyclic) bond motifs is 1. The molecular formula is C29H34FN5O3. The van der Waals surface area contributed by atoms with Crippen molar-refractivity contribution in [1.82, 2.24) is 24.6 Å². The summed E-state index contributed by atoms with van der Waals surface area (Å²) < 4.78 is 20.4. The second kappa shape index (κ2) is 10.5. The lowest BCUT2D eigenvalue weighted by atomic mass is 9.90. The summed E-state index contributed by atoms with van der Waals surface area (Å²) in [6, 6.07) is 14.1. The van der Waals surface area contributed by atoms with Gasteiger partial charge in [0.25, 0.3) is 5.56 Å². The van der Waals surface area contributed by atoms with E-state index in [4.69, 9.17) is 4.74 Å². The van der Waals surface area contributed by atoms with E-state index in [1.54, 1.807) is 17.0 Å². The molecule has 1 saturated heterocycles. The minimum Gasteiger partial charge on any atom is -0.444 e. The molecule has 0 aliphatic carbocycles. The normalized spacial score (nSPS) is 14.8. The fourth-order valence-electron chi connectivity index (χ4n) is 4.99. The lowest BCUT2D eigenvalue weighted by Crippen LogP contribution is -2.42. The van der Waals surface area contributed by atoms with Crippen LogP contribution in [0, 0.1) is 11.7 Å². The summed E-state index contributed by atoms with van der Waals surface area (Å²) in [6.45, 7) is 6.86. The lowest BCUT2D eigenvalue weighted by Gasteiger charge is -2.33. The molecule has 1 amide bonds. The molecule has 0 saturated carbocycles. The second-order valence-electron chi connectivity index (χ2n) is 11.0. The van der Waals surface area contributed by atoms with Gasteiger partial charge < -0.3 is 14.6 Å². The van der Waals surface area contributed by atoms with Crippen LogP contribution >= 0.6 is 0 Å². The van der Waals surface area contributed by atoms with Crippen LogP contribution in [-0.2, 0) is 24.0 Å². The highest BCUT2D eigenvalue weighted by atomic mass is 19.1. The Morgan fingerprint density at radius 3 is 2.47 bits per heavy atom. The third-order valence-electron chi connectivity index (χ3n) is 7.00. The first kappa shape index (κ1) is 25.8. The van der Waals surface area contributed by atoms with Crippen molar-refractivity contribution in [1.29, 1.82) is 0 Å². The van der Waals surface area contributed by atoms with Gasteiger partial charge in [-0.05, 0) is 88.6 Å². The summed E-state index contributed by atoms with van der Waals surface area (Å²) in [5, 5.41) is 3.33. The number of carbonyl (C=O) groups excluding carboxylic acids is 1. The Morgan fingerprint density at radius 2 is 1.79 bits per heavy atom. The third-order valence-corrected chi connectivity index (χ3v) is 7.00. The number of nitrogens with one attached hydrogen (secondary N) is 2. The number of aromatic nitrogens is 4. The van der Waals surface area contributed by atoms with E-state index in [9.17, 15) is 14.0 Å². The number of aryl methyl sites for hydroxylation is 1. The fraction of sp³-hybridized carbons (Fsp3) is 0.414. The lowest BCUT2D eigenvalue weighted by molar-refractivity contribution is 0.0184. The van der Waals surface area contributed by atoms with Crippen molar-refractivity contribution < 1.29 is 13.9 Å². The Hall–Kier alpha value is -3.88. The van der Waals surface area contributed by atoms with E-state index < -0.39 is 5.60 Å². The molecule has 1 aliphatic heterocycles. The summed E-state index contributed by atoms with van der Waals surface area (Å²) in [6.07, 6.45) is 3.23. The number of ether oxygens (including phenoxy) is 1. The first-order chi connectivity index (χ1) is 18.2. The molecule has 0 bridgehead atoms. The van der Waals surface area contributed by atoms with Crippen LogP contribution < -0.4 is 5.56 Å². The summed E-state index contributed by atoms with van der Waals surface area (Å²) in [7, 11) is 0. The molecule has 0 atom stereocenters. The van der Waals surface area contributed by atoms with E-state index in [2.05, 4.69) is 15.1 Å². The molecule has 8 nitrogen and oxygen atoms in total. The first-order valence-electron chi connectivity index (χ1n) is 13.2. The Morgan fingerprint density at radius 1 is 1.08 bits per heavy atom. The van der Waals surface area contributed by atoms with Crippen LogP contribution in [0.5, 0.6) is 0 Å². The van der Waals surface area contributed by atoms with Gasteiger partial charge in [0.15, 0.2) is 0 Å². The standard InChI is InChI=1S/C29H34FN5O3/c1-29(2,3)38-28(37)34-16-14-20(15-17-34)18-25-22(13-10-19-8-11-21(30)12-9-19)26(36)35(33-25)27-31-23-6-4-5-7-24(23)32-27/h4-9,11-12,20,33H,10,13-18H2,1-3H3,(H,31,32). The molecule has 38 heavy (non-hydrogen) atoms. The molecule has 1 aliphatic rings. The number of para-hydroxylation sites is 2. The number of likely N-dealkylation sites (tertiary alicyclic amines) is 1. The zero-order valence-electron chi connectivity index (χ0n) is 22.1. The van der Waals surface area contributed by atoms with Gasteiger partial charge >= 0.3 is 6.09 Å². The summed E-state index contributed by atoms with van der Waals surface area (Å²) >= 11 is 0. The van der Waals surface area contributed by atoms with Crippen molar-refractivity contribution >= 4 is 17.1 Å². The quantitative estimate of drug-likeness (QED) is 0.368. The fourth-order valence-corrected chi connectivity index (χ4v) is 4.99. The SMILES string of the molecule is CC(C)(C)OC(=O)N1CCC(Cc2[nH]n(-c3nc4ccccc4[nH]3)c(=O)c2CCc2ccc(F)cc2)CC1. The van der Waals surface area contributed by atoms with Crippen molar-refractivity contribution in [2.45, 2.75) is 58.5 Å². The number of benzene rings is 2. The predicted octanol–water partition coefficient (Wildman–Crippen LogP) is 5.16. The highest BCUT2D eigenvalue weighted by Crippen LogP contribution is 2.24. The summed E-state index contributed by atoms with van der Waals surface area (Å²) in [4.78, 5) is 35.7. The molecule has 0 radical (unpaired) electrons. The second-order valence-corrected chi connectivity index (χ2v) is 11.0. The number of H-pyrrole nitrogens is 2. The maximum absolute atomic E-state index is 13.6. The molecule has 9 heteroatoms. The van der Waals surface area contributed by atoms with Crippen molar-refractivity contribution in [3.05, 3.63) is 81.5 Å². The van der Waals surface area contributed by atoms with Gasteiger partial charge in [0.05, 0.1) is 11.0 Å². The minimum atomic E-state index is -0.521. The highest BCUT2D eigenvalue weighted by molar-refractivity contribution is 5.75. The van der Waals surface area contributed by atoms with E-state index in [1.807, 2.05) is 45.0 Å². The van der Waals surface area contributed by atoms with Crippen LogP contribution in [-0.4, -0.2) is 49.4 Å². The summed E-state index contributed by atoms with van der Waals surface area (Å²) in [5.74, 6) is 0.492. The monoisotopic (exact) mass is 519 g/mol. The first-order valence-corrected chi connectivity index (χ1v) is 13.2. The number of amides is 1. The van der Waals surface area contributed by atoms with Crippen LogP contribution in [0.1, 0.15) is 50.4 Å². The largest absolute Gasteiger partial charge is 0.444 e. The smallest absolute Gasteiger partial charge is 0.410 e. The van der Waals surface area contributed by atoms with Crippen molar-refractivity contribution in [3.63, 3.8) is 0 Å². The van der Waals surface area contributed by atoms with Gasteiger partial charge in [-0.2, -0.15) is 4.68 Å². The number of aromatic amines is 2. The van der Waals surface area contributed by atoms with E-state index in [-0.39, 0.29) is 17.5 Å². The number of hydrogen-bond acceptors (Lipinski definition) is 4. The van der Waals surface area contributed by atoms with Gasteiger partial charge in [-0.1, -0.05) is 24.3 Å². The average Bonchev–Trinajstić information content (AvgIpc) is 3.44. The topological polar surface area (TPSA) is 96.0 Å². The Labute approximate surface area is 220 Å². The van der Waals surface area contributed by atoms with Crippen LogP contribution in [0.2, 0.25) is 0 Å². The molecule has 2 N–H and O–H groups in total. The minimum absolute atomic E-state index is 0.132. The Balaban J connectivity index is 1.36. The van der Waals surface area contributed by atoms with Gasteiger partial charge in [0.1, 0.15) is 11.4 Å². The third kappa shape index (κ3) is 5.82. The molecule has 3 heterocycles. The van der Waals surface area contributed by atoms with E-state index in [0.717, 1.165) is 35.1 Å². The van der Waals surface area contributed by atoms with Gasteiger partial charge in [-0.15, -0.1) is 0 Å². The predicted molar refractivity (Wildman–Crippen MR) is 144 cm³/mol. The molecule has 0 spiro atoms. The number of imidazole rings is 1. The highest BCUT2D eigenvalue weighted by Gasteiger charge is 2.28. The maximum atomic E-state index is 13.6. The van der Waals surface area contributed by atoms with E-state index in [0.29, 0.717) is 49.8 Å². The molecular weight excluding hydrogens is 485 g/mol.